The molecule has 198 valence electrons. The number of carbonyl (C=O) groups excluding carboxylic acids is 3. The molecule has 0 aromatic carbocycles. The highest BCUT2D eigenvalue weighted by Crippen LogP contribution is 2.06. The van der Waals surface area contributed by atoms with Crippen molar-refractivity contribution < 1.29 is 45.0 Å². The Kier molecular flexibility index (Phi) is 20.9. The summed E-state index contributed by atoms with van der Waals surface area (Å²) in [5.41, 5.74) is 15.1. The van der Waals surface area contributed by atoms with Gasteiger partial charge in [0.15, 0.2) is 23.5 Å². The standard InChI is InChI=1S/C8H17NO3.C7H15NO3.C6H13NO3/c1-5(2)7(11)8(12)6(10)3-4-9;1-4(2)6(10)7(11)5(9)3-8;1-3(2)4(8)5(9)6(7)10/h5-6,8,10,12H,3-4,9H2,1-2H3;4-5,7,9,11H,3,8H2,1-2H3;3,5-6,9-10H,7H2,1-2H3. The van der Waals surface area contributed by atoms with Crippen LogP contribution in [0.4, 0.5) is 0 Å². The van der Waals surface area contributed by atoms with Crippen molar-refractivity contribution >= 4 is 17.3 Å². The third kappa shape index (κ3) is 16.0. The molecule has 0 heterocycles. The van der Waals surface area contributed by atoms with Gasteiger partial charge in [-0.1, -0.05) is 41.5 Å². The quantitative estimate of drug-likeness (QED) is 0.126. The van der Waals surface area contributed by atoms with E-state index in [4.69, 9.17) is 37.6 Å². The highest BCUT2D eigenvalue weighted by Gasteiger charge is 2.26. The van der Waals surface area contributed by atoms with Crippen molar-refractivity contribution in [3.05, 3.63) is 0 Å². The summed E-state index contributed by atoms with van der Waals surface area (Å²) in [6, 6.07) is 0. The van der Waals surface area contributed by atoms with Gasteiger partial charge in [0.25, 0.3) is 0 Å². The van der Waals surface area contributed by atoms with Crippen LogP contribution in [0.15, 0.2) is 0 Å². The van der Waals surface area contributed by atoms with E-state index in [1.165, 1.54) is 0 Å². The molecule has 12 heteroatoms. The number of aliphatic hydroxyl groups excluding tert-OH is 6. The minimum atomic E-state index is -1.46. The molecule has 0 radical (unpaired) electrons. The summed E-state index contributed by atoms with van der Waals surface area (Å²) in [5, 5.41) is 53.8. The van der Waals surface area contributed by atoms with Crippen molar-refractivity contribution in [3.8, 4) is 0 Å². The molecule has 0 rings (SSSR count). The minimum absolute atomic E-state index is 0.0976. The van der Waals surface area contributed by atoms with E-state index in [1.54, 1.807) is 41.5 Å². The molecule has 12 nitrogen and oxygen atoms in total. The van der Waals surface area contributed by atoms with Crippen LogP contribution in [0.25, 0.3) is 0 Å². The second-order valence-corrected chi connectivity index (χ2v) is 8.44. The average molecular weight is 484 g/mol. The van der Waals surface area contributed by atoms with Gasteiger partial charge < -0.3 is 47.8 Å². The Labute approximate surface area is 195 Å². The highest BCUT2D eigenvalue weighted by atomic mass is 16.3. The molecule has 0 amide bonds. The molecule has 0 bridgehead atoms. The van der Waals surface area contributed by atoms with Gasteiger partial charge in [0.05, 0.1) is 12.2 Å². The smallest absolute Gasteiger partial charge is 0.167 e. The Morgan fingerprint density at radius 1 is 0.606 bits per heavy atom. The lowest BCUT2D eigenvalue weighted by Gasteiger charge is -2.17. The monoisotopic (exact) mass is 483 g/mol. The Balaban J connectivity index is -0.000000411. The molecule has 0 aliphatic carbocycles. The van der Waals surface area contributed by atoms with Crippen molar-refractivity contribution in [2.24, 2.45) is 35.0 Å². The molecule has 0 fully saturated rings. The number of hydrogen-bond donors (Lipinski definition) is 9. The van der Waals surface area contributed by atoms with Crippen LogP contribution in [0.3, 0.4) is 0 Å². The van der Waals surface area contributed by atoms with Crippen LogP contribution >= 0.6 is 0 Å². The number of ketones is 3. The van der Waals surface area contributed by atoms with Crippen LogP contribution in [0.2, 0.25) is 0 Å². The summed E-state index contributed by atoms with van der Waals surface area (Å²) in [7, 11) is 0. The number of aliphatic hydroxyl groups is 6. The van der Waals surface area contributed by atoms with Crippen molar-refractivity contribution in [3.63, 3.8) is 0 Å². The van der Waals surface area contributed by atoms with Gasteiger partial charge >= 0.3 is 0 Å². The summed E-state index contributed by atoms with van der Waals surface area (Å²) in [4.78, 5) is 32.9. The van der Waals surface area contributed by atoms with E-state index in [1.807, 2.05) is 0 Å². The normalized spacial score (nSPS) is 16.5. The Bertz CT molecular complexity index is 557. The lowest BCUT2D eigenvalue weighted by molar-refractivity contribution is -0.136. The molecular formula is C21H45N3O9. The summed E-state index contributed by atoms with van der Waals surface area (Å²) in [6.45, 7) is 10.1. The fraction of sp³-hybridized carbons (Fsp3) is 0.857. The predicted octanol–water partition coefficient (Wildman–Crippen LogP) is -2.98. The predicted molar refractivity (Wildman–Crippen MR) is 122 cm³/mol. The SMILES string of the molecule is CC(C)C(=O)C(O)C(N)O.CC(C)C(=O)C(O)C(O)CCN.CC(C)C(=O)C(O)C(O)CN. The van der Waals surface area contributed by atoms with Crippen LogP contribution in [-0.4, -0.2) is 97.8 Å². The van der Waals surface area contributed by atoms with E-state index in [-0.39, 0.29) is 48.8 Å². The zero-order valence-electron chi connectivity index (χ0n) is 20.5. The first-order valence-electron chi connectivity index (χ1n) is 10.8. The van der Waals surface area contributed by atoms with Crippen molar-refractivity contribution in [2.45, 2.75) is 84.7 Å². The maximum absolute atomic E-state index is 11.1. The molecule has 0 saturated carbocycles. The minimum Gasteiger partial charge on any atom is -0.390 e. The van der Waals surface area contributed by atoms with E-state index < -0.39 is 42.5 Å². The number of Topliss-reactive ketones (excluding diaryl/α,β-unsaturated/α-hetero) is 3. The first-order chi connectivity index (χ1) is 15.0. The van der Waals surface area contributed by atoms with E-state index >= 15 is 0 Å². The summed E-state index contributed by atoms with van der Waals surface area (Å²) < 4.78 is 0. The molecule has 0 aliphatic heterocycles. The third-order valence-electron chi connectivity index (χ3n) is 4.34. The van der Waals surface area contributed by atoms with Crippen LogP contribution in [0.5, 0.6) is 0 Å². The molecule has 0 aromatic rings. The van der Waals surface area contributed by atoms with Crippen molar-refractivity contribution in [1.82, 2.24) is 0 Å². The fourth-order valence-electron chi connectivity index (χ4n) is 2.03. The van der Waals surface area contributed by atoms with E-state index in [2.05, 4.69) is 0 Å². The second-order valence-electron chi connectivity index (χ2n) is 8.44. The Morgan fingerprint density at radius 2 is 0.909 bits per heavy atom. The molecule has 6 atom stereocenters. The maximum Gasteiger partial charge on any atom is 0.167 e. The zero-order chi connectivity index (χ0) is 27.0. The Morgan fingerprint density at radius 3 is 1.12 bits per heavy atom. The fourth-order valence-corrected chi connectivity index (χ4v) is 2.03. The van der Waals surface area contributed by atoms with Crippen molar-refractivity contribution in [1.29, 1.82) is 0 Å². The number of carbonyl (C=O) groups is 3. The highest BCUT2D eigenvalue weighted by molar-refractivity contribution is 5.85. The number of nitrogens with two attached hydrogens (primary N) is 3. The van der Waals surface area contributed by atoms with E-state index in [9.17, 15) is 24.6 Å². The first-order valence-corrected chi connectivity index (χ1v) is 10.8. The van der Waals surface area contributed by atoms with Crippen molar-refractivity contribution in [2.75, 3.05) is 13.1 Å². The Hall–Kier alpha value is -1.35. The van der Waals surface area contributed by atoms with Gasteiger partial charge in [-0.3, -0.25) is 14.4 Å². The van der Waals surface area contributed by atoms with Crippen LogP contribution in [0, 0.1) is 17.8 Å². The lowest BCUT2D eigenvalue weighted by Crippen LogP contribution is -2.42. The molecule has 12 N–H and O–H groups in total. The summed E-state index contributed by atoms with van der Waals surface area (Å²) in [6.07, 6.45) is -7.43. The van der Waals surface area contributed by atoms with Gasteiger partial charge in [0.2, 0.25) is 0 Å². The second kappa shape index (κ2) is 19.0. The zero-order valence-corrected chi connectivity index (χ0v) is 20.5. The average Bonchev–Trinajstić information content (AvgIpc) is 2.75. The molecule has 0 aromatic heterocycles. The van der Waals surface area contributed by atoms with Gasteiger partial charge in [0, 0.05) is 24.3 Å². The van der Waals surface area contributed by atoms with E-state index in [0.717, 1.165) is 0 Å². The summed E-state index contributed by atoms with van der Waals surface area (Å²) in [5.74, 6) is -1.97. The third-order valence-corrected chi connectivity index (χ3v) is 4.34. The molecule has 33 heavy (non-hydrogen) atoms. The van der Waals surface area contributed by atoms with Gasteiger partial charge in [-0.25, -0.2) is 0 Å². The van der Waals surface area contributed by atoms with Gasteiger partial charge in [-0.05, 0) is 13.0 Å². The van der Waals surface area contributed by atoms with Gasteiger partial charge in [0.1, 0.15) is 18.4 Å². The van der Waals surface area contributed by atoms with E-state index in [0.29, 0.717) is 0 Å². The topological polar surface area (TPSA) is 251 Å². The maximum atomic E-state index is 11.1. The molecular weight excluding hydrogens is 438 g/mol. The summed E-state index contributed by atoms with van der Waals surface area (Å²) >= 11 is 0. The lowest BCUT2D eigenvalue weighted by atomic mass is 9.98. The van der Waals surface area contributed by atoms with Crippen LogP contribution in [-0.2, 0) is 14.4 Å². The van der Waals surface area contributed by atoms with Gasteiger partial charge in [-0.2, -0.15) is 0 Å². The molecule has 0 saturated heterocycles. The first kappa shape index (κ1) is 36.2. The van der Waals surface area contributed by atoms with Crippen LogP contribution < -0.4 is 17.2 Å². The molecule has 0 aliphatic rings. The largest absolute Gasteiger partial charge is 0.390 e. The van der Waals surface area contributed by atoms with Crippen LogP contribution in [0.1, 0.15) is 48.0 Å². The van der Waals surface area contributed by atoms with Gasteiger partial charge in [-0.15, -0.1) is 0 Å². The molecule has 6 unspecified atom stereocenters. The number of rotatable bonds is 12. The molecule has 0 spiro atoms. The number of hydrogen-bond acceptors (Lipinski definition) is 12.